The van der Waals surface area contributed by atoms with Crippen molar-refractivity contribution in [2.24, 2.45) is 5.92 Å². The zero-order valence-corrected chi connectivity index (χ0v) is 11.7. The van der Waals surface area contributed by atoms with Gasteiger partial charge in [0.1, 0.15) is 0 Å². The molecule has 0 saturated carbocycles. The third-order valence-corrected chi connectivity index (χ3v) is 2.98. The molecule has 2 atom stereocenters. The molecule has 1 aromatic rings. The number of nitrogens with one attached hydrogen (secondary N) is 1. The molecule has 0 bridgehead atoms. The van der Waals surface area contributed by atoms with Crippen molar-refractivity contribution in [3.8, 4) is 0 Å². The van der Waals surface area contributed by atoms with E-state index in [9.17, 15) is 15.2 Å². The highest BCUT2D eigenvalue weighted by atomic mass is 16.6. The number of hydrogen-bond acceptors (Lipinski definition) is 4. The lowest BCUT2D eigenvalue weighted by Crippen LogP contribution is -2.30. The molecule has 0 radical (unpaired) electrons. The van der Waals surface area contributed by atoms with Gasteiger partial charge in [-0.2, -0.15) is 0 Å². The van der Waals surface area contributed by atoms with Gasteiger partial charge in [0, 0.05) is 24.7 Å². The van der Waals surface area contributed by atoms with Crippen LogP contribution in [0.25, 0.3) is 0 Å². The second-order valence-corrected chi connectivity index (χ2v) is 5.27. The minimum Gasteiger partial charge on any atom is -0.392 e. The molecule has 0 aliphatic heterocycles. The van der Waals surface area contributed by atoms with Crippen LogP contribution in [0.3, 0.4) is 0 Å². The maximum absolute atomic E-state index is 10.7. The molecule has 0 fully saturated rings. The fraction of sp³-hybridized carbons (Fsp3) is 0.571. The zero-order valence-electron chi connectivity index (χ0n) is 11.7. The Hall–Kier alpha value is -1.46. The quantitative estimate of drug-likeness (QED) is 0.587. The van der Waals surface area contributed by atoms with E-state index in [2.05, 4.69) is 19.2 Å². The van der Waals surface area contributed by atoms with E-state index in [0.717, 1.165) is 12.0 Å². The molecule has 1 aromatic carbocycles. The predicted molar refractivity (Wildman–Crippen MR) is 75.0 cm³/mol. The molecule has 0 heterocycles. The second-order valence-electron chi connectivity index (χ2n) is 5.27. The summed E-state index contributed by atoms with van der Waals surface area (Å²) in [4.78, 5) is 10.3. The van der Waals surface area contributed by atoms with E-state index < -0.39 is 4.92 Å². The molecule has 5 heteroatoms. The highest BCUT2D eigenvalue weighted by Crippen LogP contribution is 2.19. The van der Waals surface area contributed by atoms with Crippen molar-refractivity contribution in [2.45, 2.75) is 39.3 Å². The largest absolute Gasteiger partial charge is 0.392 e. The van der Waals surface area contributed by atoms with E-state index in [4.69, 9.17) is 0 Å². The highest BCUT2D eigenvalue weighted by molar-refractivity contribution is 5.35. The van der Waals surface area contributed by atoms with Gasteiger partial charge in [0.05, 0.1) is 11.0 Å². The fourth-order valence-corrected chi connectivity index (χ4v) is 1.97. The normalized spacial score (nSPS) is 14.4. The molecule has 0 amide bonds. The molecule has 0 aromatic heterocycles. The molecule has 0 spiro atoms. The molecule has 19 heavy (non-hydrogen) atoms. The number of non-ortho nitro benzene ring substituents is 1. The Morgan fingerprint density at radius 3 is 2.63 bits per heavy atom. The van der Waals surface area contributed by atoms with Crippen molar-refractivity contribution in [3.63, 3.8) is 0 Å². The first-order valence-electron chi connectivity index (χ1n) is 6.56. The van der Waals surface area contributed by atoms with Crippen molar-refractivity contribution in [1.29, 1.82) is 0 Å². The summed E-state index contributed by atoms with van der Waals surface area (Å²) in [7, 11) is 0. The van der Waals surface area contributed by atoms with Gasteiger partial charge in [0.15, 0.2) is 0 Å². The van der Waals surface area contributed by atoms with Crippen LogP contribution in [-0.2, 0) is 0 Å². The Labute approximate surface area is 113 Å². The molecule has 2 N–H and O–H groups in total. The van der Waals surface area contributed by atoms with Gasteiger partial charge in [-0.05, 0) is 24.8 Å². The van der Waals surface area contributed by atoms with Crippen molar-refractivity contribution < 1.29 is 10.0 Å². The summed E-state index contributed by atoms with van der Waals surface area (Å²) in [5.41, 5.74) is 0.944. The summed E-state index contributed by atoms with van der Waals surface area (Å²) >= 11 is 0. The van der Waals surface area contributed by atoms with Crippen LogP contribution in [0.15, 0.2) is 24.3 Å². The van der Waals surface area contributed by atoms with Crippen molar-refractivity contribution >= 4 is 5.69 Å². The topological polar surface area (TPSA) is 75.4 Å². The number of nitrogens with zero attached hydrogens (tertiary/aromatic N) is 1. The fourth-order valence-electron chi connectivity index (χ4n) is 1.97. The van der Waals surface area contributed by atoms with Gasteiger partial charge in [-0.25, -0.2) is 0 Å². The Balaban J connectivity index is 2.56. The lowest BCUT2D eigenvalue weighted by atomic mass is 10.0. The number of nitro benzene ring substituents is 1. The summed E-state index contributed by atoms with van der Waals surface area (Å²) in [5.74, 6) is 0.449. The van der Waals surface area contributed by atoms with E-state index in [1.165, 1.54) is 6.07 Å². The lowest BCUT2D eigenvalue weighted by Gasteiger charge is -2.18. The average Bonchev–Trinajstić information content (AvgIpc) is 2.35. The Bertz CT molecular complexity index is 421. The molecule has 106 valence electrons. The first-order chi connectivity index (χ1) is 8.90. The van der Waals surface area contributed by atoms with E-state index in [-0.39, 0.29) is 17.8 Å². The molecular formula is C14H22N2O3. The first-order valence-corrected chi connectivity index (χ1v) is 6.56. The Morgan fingerprint density at radius 1 is 1.37 bits per heavy atom. The van der Waals surface area contributed by atoms with Gasteiger partial charge in [0.25, 0.3) is 5.69 Å². The second kappa shape index (κ2) is 7.21. The van der Waals surface area contributed by atoms with Gasteiger partial charge < -0.3 is 10.4 Å². The van der Waals surface area contributed by atoms with Crippen LogP contribution in [0.2, 0.25) is 0 Å². The van der Waals surface area contributed by atoms with Crippen LogP contribution in [0, 0.1) is 16.0 Å². The van der Waals surface area contributed by atoms with E-state index in [1.54, 1.807) is 12.1 Å². The summed E-state index contributed by atoms with van der Waals surface area (Å²) in [6, 6.07) is 6.54. The number of aliphatic hydroxyl groups is 1. The molecule has 2 unspecified atom stereocenters. The van der Waals surface area contributed by atoms with Gasteiger partial charge in [-0.15, -0.1) is 0 Å². The summed E-state index contributed by atoms with van der Waals surface area (Å²) in [5, 5.41) is 23.7. The van der Waals surface area contributed by atoms with Crippen LogP contribution in [0.5, 0.6) is 0 Å². The van der Waals surface area contributed by atoms with Crippen molar-refractivity contribution in [3.05, 3.63) is 39.9 Å². The van der Waals surface area contributed by atoms with Gasteiger partial charge in [-0.3, -0.25) is 10.1 Å². The number of nitro groups is 1. The third-order valence-electron chi connectivity index (χ3n) is 2.98. The molecule has 1 rings (SSSR count). The third kappa shape index (κ3) is 5.36. The number of aliphatic hydroxyl groups excluding tert-OH is 1. The number of rotatable bonds is 7. The van der Waals surface area contributed by atoms with Crippen molar-refractivity contribution in [2.75, 3.05) is 6.54 Å². The van der Waals surface area contributed by atoms with Crippen LogP contribution < -0.4 is 5.32 Å². The molecule has 0 aliphatic rings. The van der Waals surface area contributed by atoms with Crippen molar-refractivity contribution in [1.82, 2.24) is 5.32 Å². The lowest BCUT2D eigenvalue weighted by molar-refractivity contribution is -0.384. The average molecular weight is 266 g/mol. The monoisotopic (exact) mass is 266 g/mol. The first kappa shape index (κ1) is 15.6. The molecule has 5 nitrogen and oxygen atoms in total. The number of hydrogen-bond donors (Lipinski definition) is 2. The maximum Gasteiger partial charge on any atom is 0.269 e. The van der Waals surface area contributed by atoms with Crippen LogP contribution >= 0.6 is 0 Å². The van der Waals surface area contributed by atoms with Crippen LogP contribution in [-0.4, -0.2) is 22.7 Å². The summed E-state index contributed by atoms with van der Waals surface area (Å²) in [6.45, 7) is 6.55. The minimum absolute atomic E-state index is 0.0262. The van der Waals surface area contributed by atoms with E-state index in [0.29, 0.717) is 12.5 Å². The summed E-state index contributed by atoms with van der Waals surface area (Å²) < 4.78 is 0. The van der Waals surface area contributed by atoms with Gasteiger partial charge in [-0.1, -0.05) is 26.0 Å². The Kier molecular flexibility index (Phi) is 5.92. The highest BCUT2D eigenvalue weighted by Gasteiger charge is 2.12. The van der Waals surface area contributed by atoms with Gasteiger partial charge >= 0.3 is 0 Å². The predicted octanol–water partition coefficient (Wildman–Crippen LogP) is 2.65. The zero-order chi connectivity index (χ0) is 14.4. The maximum atomic E-state index is 10.7. The number of benzene rings is 1. The Morgan fingerprint density at radius 2 is 2.05 bits per heavy atom. The SMILES string of the molecule is CC(C)CC(O)CNC(C)c1cccc([N+](=O)[O-])c1. The molecule has 0 saturated heterocycles. The van der Waals surface area contributed by atoms with Crippen LogP contribution in [0.1, 0.15) is 38.8 Å². The van der Waals surface area contributed by atoms with Crippen LogP contribution in [0.4, 0.5) is 5.69 Å². The molecule has 0 aliphatic carbocycles. The minimum atomic E-state index is -0.399. The standard InChI is InChI=1S/C14H22N2O3/c1-10(2)7-14(17)9-15-11(3)12-5-4-6-13(8-12)16(18)19/h4-6,8,10-11,14-15,17H,7,9H2,1-3H3. The summed E-state index contributed by atoms with van der Waals surface area (Å²) in [6.07, 6.45) is 0.357. The van der Waals surface area contributed by atoms with E-state index >= 15 is 0 Å². The smallest absolute Gasteiger partial charge is 0.269 e. The van der Waals surface area contributed by atoms with E-state index in [1.807, 2.05) is 13.0 Å². The molecular weight excluding hydrogens is 244 g/mol. The van der Waals surface area contributed by atoms with Gasteiger partial charge in [0.2, 0.25) is 0 Å².